The Kier molecular flexibility index (Phi) is 8.37. The van der Waals surface area contributed by atoms with Crippen LogP contribution in [0.2, 0.25) is 5.02 Å². The van der Waals surface area contributed by atoms with Crippen molar-refractivity contribution in [1.82, 2.24) is 4.57 Å². The van der Waals surface area contributed by atoms with Gasteiger partial charge in [0.2, 0.25) is 0 Å². The van der Waals surface area contributed by atoms with Crippen molar-refractivity contribution < 1.29 is 23.4 Å². The number of hydrogen-bond donors (Lipinski definition) is 0. The molecular weight excluding hydrogens is 567 g/mol. The number of fused-ring (bicyclic) bond motifs is 1. The molecule has 0 amide bonds. The van der Waals surface area contributed by atoms with E-state index in [1.54, 1.807) is 75.6 Å². The SMILES string of the molecule is CCOC(=O)C1=C(C)N=c2s/c(=C\c3cc(Cl)ccc3OCc3ccc(F)cc3)c(=O)n2[C@H]1c1cccc(OC)c1. The first-order valence-corrected chi connectivity index (χ1v) is 14.0. The highest BCUT2D eigenvalue weighted by molar-refractivity contribution is 7.07. The fourth-order valence-electron chi connectivity index (χ4n) is 4.57. The number of thiazole rings is 1. The zero-order chi connectivity index (χ0) is 29.1. The maximum absolute atomic E-state index is 14.0. The van der Waals surface area contributed by atoms with E-state index in [0.717, 1.165) is 5.56 Å². The number of carbonyl (C=O) groups is 1. The molecule has 0 spiro atoms. The lowest BCUT2D eigenvalue weighted by atomic mass is 9.95. The van der Waals surface area contributed by atoms with Gasteiger partial charge in [-0.3, -0.25) is 9.36 Å². The van der Waals surface area contributed by atoms with Crippen LogP contribution in [0.15, 0.2) is 87.8 Å². The van der Waals surface area contributed by atoms with Gasteiger partial charge in [0.05, 0.1) is 35.6 Å². The third-order valence-corrected chi connectivity index (χ3v) is 7.71. The van der Waals surface area contributed by atoms with Crippen LogP contribution in [0.1, 0.15) is 36.6 Å². The molecule has 7 nitrogen and oxygen atoms in total. The van der Waals surface area contributed by atoms with Gasteiger partial charge in [-0.1, -0.05) is 47.2 Å². The first-order chi connectivity index (χ1) is 19.8. The molecule has 0 N–H and O–H groups in total. The number of methoxy groups -OCH3 is 1. The summed E-state index contributed by atoms with van der Waals surface area (Å²) in [7, 11) is 1.55. The number of aromatic nitrogens is 1. The predicted molar refractivity (Wildman–Crippen MR) is 156 cm³/mol. The van der Waals surface area contributed by atoms with E-state index in [2.05, 4.69) is 4.99 Å². The van der Waals surface area contributed by atoms with Crippen molar-refractivity contribution >= 4 is 35.0 Å². The van der Waals surface area contributed by atoms with Crippen molar-refractivity contribution in [3.8, 4) is 11.5 Å². The minimum atomic E-state index is -0.767. The highest BCUT2D eigenvalue weighted by atomic mass is 35.5. The summed E-state index contributed by atoms with van der Waals surface area (Å²) in [5, 5.41) is 0.466. The Morgan fingerprint density at radius 3 is 2.66 bits per heavy atom. The second-order valence-corrected chi connectivity index (χ2v) is 10.6. The summed E-state index contributed by atoms with van der Waals surface area (Å²) in [5.74, 6) is 0.216. The highest BCUT2D eigenvalue weighted by Gasteiger charge is 2.33. The van der Waals surface area contributed by atoms with Crippen molar-refractivity contribution in [2.45, 2.75) is 26.5 Å². The number of halogens is 2. The van der Waals surface area contributed by atoms with Gasteiger partial charge in [-0.2, -0.15) is 0 Å². The van der Waals surface area contributed by atoms with E-state index in [1.807, 2.05) is 6.07 Å². The van der Waals surface area contributed by atoms with Crippen LogP contribution in [0.4, 0.5) is 4.39 Å². The van der Waals surface area contributed by atoms with Crippen LogP contribution >= 0.6 is 22.9 Å². The molecule has 0 saturated carbocycles. The van der Waals surface area contributed by atoms with Crippen LogP contribution < -0.4 is 24.4 Å². The normalized spacial score (nSPS) is 14.9. The molecule has 1 aliphatic rings. The van der Waals surface area contributed by atoms with Crippen LogP contribution in [0.5, 0.6) is 11.5 Å². The van der Waals surface area contributed by atoms with Crippen LogP contribution in [0, 0.1) is 5.82 Å². The summed E-state index contributed by atoms with van der Waals surface area (Å²) >= 11 is 7.50. The summed E-state index contributed by atoms with van der Waals surface area (Å²) in [6.45, 7) is 3.83. The molecule has 41 heavy (non-hydrogen) atoms. The Morgan fingerprint density at radius 2 is 1.93 bits per heavy atom. The molecule has 0 radical (unpaired) electrons. The third-order valence-electron chi connectivity index (χ3n) is 6.49. The molecule has 1 aliphatic heterocycles. The maximum Gasteiger partial charge on any atom is 0.338 e. The molecule has 0 fully saturated rings. The molecule has 1 aromatic heterocycles. The molecule has 5 rings (SSSR count). The fraction of sp³-hybridized carbons (Fsp3) is 0.194. The van der Waals surface area contributed by atoms with Gasteiger partial charge in [-0.15, -0.1) is 0 Å². The molecule has 2 heterocycles. The van der Waals surface area contributed by atoms with Gasteiger partial charge in [0, 0.05) is 10.6 Å². The summed E-state index contributed by atoms with van der Waals surface area (Å²) in [5.41, 5.74) is 2.47. The lowest BCUT2D eigenvalue weighted by Crippen LogP contribution is -2.39. The van der Waals surface area contributed by atoms with Gasteiger partial charge >= 0.3 is 5.97 Å². The van der Waals surface area contributed by atoms with E-state index in [-0.39, 0.29) is 30.2 Å². The van der Waals surface area contributed by atoms with Gasteiger partial charge in [-0.05, 0) is 73.5 Å². The van der Waals surface area contributed by atoms with Gasteiger partial charge in [0.25, 0.3) is 5.56 Å². The van der Waals surface area contributed by atoms with Crippen molar-refractivity contribution in [3.05, 3.63) is 125 Å². The van der Waals surface area contributed by atoms with Crippen molar-refractivity contribution in [3.63, 3.8) is 0 Å². The Bertz CT molecular complexity index is 1830. The van der Waals surface area contributed by atoms with Crippen LogP contribution in [0.25, 0.3) is 6.08 Å². The van der Waals surface area contributed by atoms with E-state index >= 15 is 0 Å². The molecule has 0 saturated heterocycles. The van der Waals surface area contributed by atoms with E-state index in [4.69, 9.17) is 25.8 Å². The van der Waals surface area contributed by atoms with Gasteiger partial charge < -0.3 is 14.2 Å². The molecule has 1 atom stereocenters. The molecule has 0 unspecified atom stereocenters. The summed E-state index contributed by atoms with van der Waals surface area (Å²) in [4.78, 5) is 32.1. The molecule has 3 aromatic carbocycles. The number of ether oxygens (including phenoxy) is 3. The van der Waals surface area contributed by atoms with Crippen molar-refractivity contribution in [2.24, 2.45) is 4.99 Å². The van der Waals surface area contributed by atoms with Crippen molar-refractivity contribution in [1.29, 1.82) is 0 Å². The van der Waals surface area contributed by atoms with Crippen LogP contribution in [-0.4, -0.2) is 24.3 Å². The average Bonchev–Trinajstić information content (AvgIpc) is 3.26. The number of rotatable bonds is 8. The average molecular weight is 593 g/mol. The van der Waals surface area contributed by atoms with Crippen molar-refractivity contribution in [2.75, 3.05) is 13.7 Å². The number of benzene rings is 3. The zero-order valence-electron chi connectivity index (χ0n) is 22.5. The van der Waals surface area contributed by atoms with E-state index in [0.29, 0.717) is 42.7 Å². The third kappa shape index (κ3) is 5.96. The quantitative estimate of drug-likeness (QED) is 0.264. The standard InChI is InChI=1S/C31H26ClFN2O5S/c1-4-39-30(37)27-18(2)34-31-35(28(27)20-6-5-7-24(15-20)38-3)29(36)26(41-31)16-21-14-22(32)10-13-25(21)40-17-19-8-11-23(33)12-9-19/h5-16,28H,4,17H2,1-3H3/b26-16-/t28-/m0/s1. The van der Waals surface area contributed by atoms with E-state index < -0.39 is 12.0 Å². The Labute approximate surface area is 244 Å². The molecule has 210 valence electrons. The fourth-order valence-corrected chi connectivity index (χ4v) is 5.78. The first-order valence-electron chi connectivity index (χ1n) is 12.8. The number of allylic oxidation sites excluding steroid dienone is 1. The summed E-state index contributed by atoms with van der Waals surface area (Å²) in [6, 6.07) is 17.6. The topological polar surface area (TPSA) is 79.1 Å². The second-order valence-electron chi connectivity index (χ2n) is 9.18. The number of hydrogen-bond acceptors (Lipinski definition) is 7. The van der Waals surface area contributed by atoms with Crippen LogP contribution in [-0.2, 0) is 16.1 Å². The lowest BCUT2D eigenvalue weighted by Gasteiger charge is -2.25. The number of carbonyl (C=O) groups excluding carboxylic acids is 1. The smallest absolute Gasteiger partial charge is 0.338 e. The van der Waals surface area contributed by atoms with Gasteiger partial charge in [-0.25, -0.2) is 14.2 Å². The van der Waals surface area contributed by atoms with Crippen LogP contribution in [0.3, 0.4) is 0 Å². The zero-order valence-corrected chi connectivity index (χ0v) is 24.1. The minimum Gasteiger partial charge on any atom is -0.497 e. The van der Waals surface area contributed by atoms with E-state index in [1.165, 1.54) is 28.0 Å². The van der Waals surface area contributed by atoms with E-state index in [9.17, 15) is 14.0 Å². The second kappa shape index (κ2) is 12.1. The lowest BCUT2D eigenvalue weighted by molar-refractivity contribution is -0.139. The molecular formula is C31H26ClFN2O5S. The first kappa shape index (κ1) is 28.3. The Balaban J connectivity index is 1.62. The molecule has 4 aromatic rings. The minimum absolute atomic E-state index is 0.181. The monoisotopic (exact) mass is 592 g/mol. The number of nitrogens with zero attached hydrogens (tertiary/aromatic N) is 2. The summed E-state index contributed by atoms with van der Waals surface area (Å²) in [6.07, 6.45) is 1.70. The summed E-state index contributed by atoms with van der Waals surface area (Å²) < 4.78 is 32.0. The number of esters is 1. The van der Waals surface area contributed by atoms with Gasteiger partial charge in [0.1, 0.15) is 23.9 Å². The predicted octanol–water partition coefficient (Wildman–Crippen LogP) is 5.18. The van der Waals surface area contributed by atoms with Gasteiger partial charge in [0.15, 0.2) is 4.80 Å². The Morgan fingerprint density at radius 1 is 1.15 bits per heavy atom. The molecule has 10 heteroatoms. The molecule has 0 bridgehead atoms. The highest BCUT2D eigenvalue weighted by Crippen LogP contribution is 2.32. The Hall–Kier alpha value is -4.21. The maximum atomic E-state index is 14.0. The largest absolute Gasteiger partial charge is 0.497 e. The molecule has 0 aliphatic carbocycles.